The molecule has 2 aliphatic rings. The molecule has 1 aliphatic heterocycles. The number of hydrogen-bond donors (Lipinski definition) is 2. The Hall–Kier alpha value is -4.30. The fourth-order valence-electron chi connectivity index (χ4n) is 4.65. The standard InChI is InChI=1S/C30H26N4O3S/c1-18-16-21(12-14-31-18)28(35)32-22-8-6-19(7-9-22)30(37)34-15-13-20-17-26(29(36)33-23-10-11-23)38-27(20)24-4-2-3-5-25(24)34/h2-9,12,14,16-17,23H,10-11,13,15H2,1H3,(H,32,35)(H,33,36). The number of nitrogens with one attached hydrogen (secondary N) is 2. The first-order chi connectivity index (χ1) is 18.5. The van der Waals surface area contributed by atoms with Crippen LogP contribution >= 0.6 is 11.3 Å². The van der Waals surface area contributed by atoms with E-state index in [1.807, 2.05) is 37.3 Å². The van der Waals surface area contributed by atoms with Crippen LogP contribution in [0.25, 0.3) is 10.4 Å². The number of aromatic nitrogens is 1. The van der Waals surface area contributed by atoms with Crippen molar-refractivity contribution in [2.45, 2.75) is 32.2 Å². The first kappa shape index (κ1) is 24.1. The Kier molecular flexibility index (Phi) is 6.25. The number of thiophene rings is 1. The van der Waals surface area contributed by atoms with Crippen LogP contribution < -0.4 is 15.5 Å². The van der Waals surface area contributed by atoms with Crippen molar-refractivity contribution in [1.29, 1.82) is 0 Å². The first-order valence-electron chi connectivity index (χ1n) is 12.7. The maximum absolute atomic E-state index is 13.7. The van der Waals surface area contributed by atoms with Crippen LogP contribution in [0.15, 0.2) is 72.9 Å². The number of carbonyl (C=O) groups excluding carboxylic acids is 3. The highest BCUT2D eigenvalue weighted by molar-refractivity contribution is 7.17. The van der Waals surface area contributed by atoms with Crippen LogP contribution in [0.1, 0.15) is 54.5 Å². The van der Waals surface area contributed by atoms with E-state index in [1.165, 1.54) is 11.3 Å². The number of para-hydroxylation sites is 1. The van der Waals surface area contributed by atoms with Crippen molar-refractivity contribution in [1.82, 2.24) is 10.3 Å². The number of aryl methyl sites for hydroxylation is 1. The molecule has 0 bridgehead atoms. The van der Waals surface area contributed by atoms with Gasteiger partial charge < -0.3 is 15.5 Å². The molecule has 6 rings (SSSR count). The van der Waals surface area contributed by atoms with Gasteiger partial charge in [0.15, 0.2) is 0 Å². The van der Waals surface area contributed by atoms with E-state index in [0.717, 1.165) is 45.1 Å². The highest BCUT2D eigenvalue weighted by atomic mass is 32.1. The maximum atomic E-state index is 13.7. The van der Waals surface area contributed by atoms with Crippen molar-refractivity contribution in [3.8, 4) is 10.4 Å². The van der Waals surface area contributed by atoms with Crippen LogP contribution in [0.4, 0.5) is 11.4 Å². The number of benzene rings is 2. The monoisotopic (exact) mass is 522 g/mol. The summed E-state index contributed by atoms with van der Waals surface area (Å²) >= 11 is 1.49. The number of carbonyl (C=O) groups is 3. The van der Waals surface area contributed by atoms with E-state index in [1.54, 1.807) is 47.5 Å². The minimum absolute atomic E-state index is 0.0118. The molecule has 2 aromatic heterocycles. The van der Waals surface area contributed by atoms with Crippen molar-refractivity contribution in [3.63, 3.8) is 0 Å². The fourth-order valence-corrected chi connectivity index (χ4v) is 5.79. The molecule has 2 aromatic carbocycles. The lowest BCUT2D eigenvalue weighted by atomic mass is 10.1. The van der Waals surface area contributed by atoms with E-state index in [-0.39, 0.29) is 17.7 Å². The summed E-state index contributed by atoms with van der Waals surface area (Å²) in [6, 6.07) is 20.5. The molecular weight excluding hydrogens is 496 g/mol. The number of rotatable bonds is 5. The van der Waals surface area contributed by atoms with E-state index in [0.29, 0.717) is 35.8 Å². The average molecular weight is 523 g/mol. The molecular formula is C30H26N4O3S. The van der Waals surface area contributed by atoms with Crippen LogP contribution in [0.3, 0.4) is 0 Å². The quantitative estimate of drug-likeness (QED) is 0.364. The van der Waals surface area contributed by atoms with Gasteiger partial charge in [-0.15, -0.1) is 11.3 Å². The van der Waals surface area contributed by atoms with Crippen LogP contribution in [0, 0.1) is 6.92 Å². The summed E-state index contributed by atoms with van der Waals surface area (Å²) in [6.07, 6.45) is 4.36. The largest absolute Gasteiger partial charge is 0.349 e. The van der Waals surface area contributed by atoms with Gasteiger partial charge in [0.1, 0.15) is 0 Å². The average Bonchev–Trinajstić information content (AvgIpc) is 3.67. The van der Waals surface area contributed by atoms with Gasteiger partial charge in [-0.25, -0.2) is 0 Å². The highest BCUT2D eigenvalue weighted by Gasteiger charge is 2.29. The van der Waals surface area contributed by atoms with Crippen molar-refractivity contribution in [2.24, 2.45) is 0 Å². The third-order valence-electron chi connectivity index (χ3n) is 6.78. The summed E-state index contributed by atoms with van der Waals surface area (Å²) in [5, 5.41) is 5.95. The van der Waals surface area contributed by atoms with Crippen LogP contribution in [0.5, 0.6) is 0 Å². The van der Waals surface area contributed by atoms with Crippen molar-refractivity contribution in [2.75, 3.05) is 16.8 Å². The Bertz CT molecular complexity index is 1560. The van der Waals surface area contributed by atoms with E-state index in [9.17, 15) is 14.4 Å². The molecule has 2 N–H and O–H groups in total. The third kappa shape index (κ3) is 4.82. The molecule has 0 radical (unpaired) electrons. The molecule has 3 amide bonds. The lowest BCUT2D eigenvalue weighted by Gasteiger charge is -2.23. The molecule has 38 heavy (non-hydrogen) atoms. The summed E-state index contributed by atoms with van der Waals surface area (Å²) in [6.45, 7) is 2.34. The summed E-state index contributed by atoms with van der Waals surface area (Å²) in [7, 11) is 0. The van der Waals surface area contributed by atoms with Gasteiger partial charge in [0, 0.05) is 51.7 Å². The third-order valence-corrected chi connectivity index (χ3v) is 7.99. The topological polar surface area (TPSA) is 91.4 Å². The second-order valence-electron chi connectivity index (χ2n) is 9.65. The Morgan fingerprint density at radius 2 is 1.74 bits per heavy atom. The Balaban J connectivity index is 1.22. The molecule has 1 aliphatic carbocycles. The highest BCUT2D eigenvalue weighted by Crippen LogP contribution is 2.42. The van der Waals surface area contributed by atoms with Crippen LogP contribution in [-0.4, -0.2) is 35.3 Å². The van der Waals surface area contributed by atoms with Crippen LogP contribution in [-0.2, 0) is 6.42 Å². The molecule has 190 valence electrons. The maximum Gasteiger partial charge on any atom is 0.261 e. The van der Waals surface area contributed by atoms with E-state index in [4.69, 9.17) is 0 Å². The number of pyridine rings is 1. The normalized spacial score (nSPS) is 14.2. The van der Waals surface area contributed by atoms with Crippen molar-refractivity contribution >= 4 is 40.4 Å². The smallest absolute Gasteiger partial charge is 0.261 e. The Morgan fingerprint density at radius 3 is 2.50 bits per heavy atom. The number of anilines is 2. The zero-order valence-electron chi connectivity index (χ0n) is 20.9. The van der Waals surface area contributed by atoms with Gasteiger partial charge in [-0.2, -0.15) is 0 Å². The van der Waals surface area contributed by atoms with Gasteiger partial charge in [0.2, 0.25) is 0 Å². The number of amides is 3. The molecule has 8 heteroatoms. The van der Waals surface area contributed by atoms with Gasteiger partial charge in [0.05, 0.1) is 10.6 Å². The summed E-state index contributed by atoms with van der Waals surface area (Å²) in [5.41, 5.74) is 5.31. The molecule has 0 unspecified atom stereocenters. The number of nitrogens with zero attached hydrogens (tertiary/aromatic N) is 2. The van der Waals surface area contributed by atoms with E-state index in [2.05, 4.69) is 15.6 Å². The van der Waals surface area contributed by atoms with Gasteiger partial charge in [-0.05, 0) is 80.3 Å². The molecule has 7 nitrogen and oxygen atoms in total. The summed E-state index contributed by atoms with van der Waals surface area (Å²) in [4.78, 5) is 46.6. The molecule has 1 fully saturated rings. The zero-order chi connectivity index (χ0) is 26.2. The van der Waals surface area contributed by atoms with Crippen molar-refractivity contribution < 1.29 is 14.4 Å². The van der Waals surface area contributed by atoms with Gasteiger partial charge in [0.25, 0.3) is 17.7 Å². The SMILES string of the molecule is Cc1cc(C(=O)Nc2ccc(C(=O)N3CCc4cc(C(=O)NC5CC5)sc4-c4ccccc43)cc2)ccn1. The molecule has 1 saturated carbocycles. The first-order valence-corrected chi connectivity index (χ1v) is 13.5. The minimum atomic E-state index is -0.229. The molecule has 0 atom stereocenters. The molecule has 4 aromatic rings. The molecule has 3 heterocycles. The second kappa shape index (κ2) is 9.87. The van der Waals surface area contributed by atoms with E-state index >= 15 is 0 Å². The lowest BCUT2D eigenvalue weighted by molar-refractivity contribution is 0.0952. The lowest BCUT2D eigenvalue weighted by Crippen LogP contribution is -2.32. The van der Waals surface area contributed by atoms with Gasteiger partial charge >= 0.3 is 0 Å². The predicted octanol–water partition coefficient (Wildman–Crippen LogP) is 5.47. The van der Waals surface area contributed by atoms with Gasteiger partial charge in [-0.3, -0.25) is 19.4 Å². The number of fused-ring (bicyclic) bond motifs is 3. The van der Waals surface area contributed by atoms with Crippen molar-refractivity contribution in [3.05, 3.63) is 100 Å². The number of hydrogen-bond acceptors (Lipinski definition) is 5. The molecule has 0 spiro atoms. The second-order valence-corrected chi connectivity index (χ2v) is 10.7. The summed E-state index contributed by atoms with van der Waals surface area (Å²) in [5.74, 6) is -0.350. The fraction of sp³-hybridized carbons (Fsp3) is 0.200. The summed E-state index contributed by atoms with van der Waals surface area (Å²) < 4.78 is 0. The Morgan fingerprint density at radius 1 is 0.947 bits per heavy atom. The van der Waals surface area contributed by atoms with E-state index < -0.39 is 0 Å². The minimum Gasteiger partial charge on any atom is -0.349 e. The molecule has 0 saturated heterocycles. The van der Waals surface area contributed by atoms with Crippen LogP contribution in [0.2, 0.25) is 0 Å². The zero-order valence-corrected chi connectivity index (χ0v) is 21.7. The Labute approximate surface area is 224 Å². The van der Waals surface area contributed by atoms with Gasteiger partial charge in [-0.1, -0.05) is 18.2 Å². The predicted molar refractivity (Wildman–Crippen MR) is 149 cm³/mol.